The van der Waals surface area contributed by atoms with Gasteiger partial charge >= 0.3 is 6.03 Å². The Morgan fingerprint density at radius 1 is 1.41 bits per heavy atom. The Bertz CT molecular complexity index is 732. The highest BCUT2D eigenvalue weighted by atomic mass is 32.1. The summed E-state index contributed by atoms with van der Waals surface area (Å²) in [6.45, 7) is 3.74. The monoisotopic (exact) mass is 316 g/mol. The van der Waals surface area contributed by atoms with Crippen molar-refractivity contribution in [1.82, 2.24) is 15.1 Å². The molecule has 2 aliphatic heterocycles. The lowest BCUT2D eigenvalue weighted by molar-refractivity contribution is -0.0269. The summed E-state index contributed by atoms with van der Waals surface area (Å²) in [5.41, 5.74) is 2.10. The number of ether oxygens (including phenoxy) is 1. The number of aryl methyl sites for hydroxylation is 1. The van der Waals surface area contributed by atoms with E-state index in [2.05, 4.69) is 27.6 Å². The molecule has 0 aliphatic carbocycles. The van der Waals surface area contributed by atoms with E-state index >= 15 is 0 Å². The van der Waals surface area contributed by atoms with Crippen LogP contribution in [0.3, 0.4) is 0 Å². The summed E-state index contributed by atoms with van der Waals surface area (Å²) in [6.07, 6.45) is 0.826. The molecule has 1 N–H and O–H groups in total. The molecule has 6 nitrogen and oxygen atoms in total. The van der Waals surface area contributed by atoms with Crippen LogP contribution in [-0.4, -0.2) is 34.2 Å². The number of hydrogen-bond donors (Lipinski definition) is 1. The number of amides is 2. The van der Waals surface area contributed by atoms with Gasteiger partial charge in [0.25, 0.3) is 0 Å². The number of hydrogen-bond acceptors (Lipinski definition) is 5. The van der Waals surface area contributed by atoms with Gasteiger partial charge in [0, 0.05) is 13.0 Å². The average Bonchev–Trinajstić information content (AvgIpc) is 3.21. The fourth-order valence-corrected chi connectivity index (χ4v) is 3.78. The van der Waals surface area contributed by atoms with Crippen molar-refractivity contribution in [3.05, 3.63) is 40.4 Å². The molecule has 1 saturated heterocycles. The van der Waals surface area contributed by atoms with Crippen LogP contribution < -0.4 is 5.32 Å². The summed E-state index contributed by atoms with van der Waals surface area (Å²) in [6, 6.07) is 8.12. The number of carbonyl (C=O) groups is 1. The van der Waals surface area contributed by atoms with E-state index in [9.17, 15) is 4.79 Å². The van der Waals surface area contributed by atoms with Gasteiger partial charge in [-0.15, -0.1) is 10.2 Å². The number of rotatable bonds is 1. The highest BCUT2D eigenvalue weighted by Crippen LogP contribution is 2.43. The SMILES string of the molecule is Cc1nnc(NC(=O)N2CCC3(C2)OCc2ccccc23)s1. The zero-order valence-corrected chi connectivity index (χ0v) is 13.0. The number of carbonyl (C=O) groups excluding carboxylic acids is 1. The Hall–Kier alpha value is -1.99. The van der Waals surface area contributed by atoms with E-state index in [1.54, 1.807) is 4.90 Å². The molecule has 4 rings (SSSR count). The highest BCUT2D eigenvalue weighted by Gasteiger charge is 2.46. The lowest BCUT2D eigenvalue weighted by Crippen LogP contribution is -2.36. The molecule has 0 radical (unpaired) electrons. The van der Waals surface area contributed by atoms with Gasteiger partial charge < -0.3 is 9.64 Å². The van der Waals surface area contributed by atoms with Crippen molar-refractivity contribution in [3.63, 3.8) is 0 Å². The molecule has 0 bridgehead atoms. The lowest BCUT2D eigenvalue weighted by Gasteiger charge is -2.24. The molecule has 1 aromatic carbocycles. The smallest absolute Gasteiger partial charge is 0.323 e. The summed E-state index contributed by atoms with van der Waals surface area (Å²) < 4.78 is 6.06. The fourth-order valence-electron chi connectivity index (χ4n) is 3.19. The van der Waals surface area contributed by atoms with Crippen LogP contribution >= 0.6 is 11.3 Å². The van der Waals surface area contributed by atoms with Gasteiger partial charge in [-0.2, -0.15) is 0 Å². The molecule has 2 amide bonds. The first-order valence-corrected chi connectivity index (χ1v) is 8.06. The van der Waals surface area contributed by atoms with Crippen molar-refractivity contribution >= 4 is 22.5 Å². The number of anilines is 1. The number of likely N-dealkylation sites (tertiary alicyclic amines) is 1. The van der Waals surface area contributed by atoms with Gasteiger partial charge in [0.2, 0.25) is 5.13 Å². The molecule has 114 valence electrons. The predicted molar refractivity (Wildman–Crippen MR) is 82.8 cm³/mol. The first kappa shape index (κ1) is 13.7. The van der Waals surface area contributed by atoms with Crippen LogP contribution in [0.5, 0.6) is 0 Å². The molecule has 2 aliphatic rings. The van der Waals surface area contributed by atoms with Crippen LogP contribution in [0.2, 0.25) is 0 Å². The number of fused-ring (bicyclic) bond motifs is 2. The molecule has 7 heteroatoms. The van der Waals surface area contributed by atoms with E-state index in [4.69, 9.17) is 4.74 Å². The average molecular weight is 316 g/mol. The number of benzene rings is 1. The second-order valence-electron chi connectivity index (χ2n) is 5.67. The maximum atomic E-state index is 12.4. The standard InChI is InChI=1S/C15H16N4O2S/c1-10-17-18-13(22-10)16-14(20)19-7-6-15(9-19)12-5-3-2-4-11(12)8-21-15/h2-5H,6-9H2,1H3,(H,16,18,20). The van der Waals surface area contributed by atoms with Crippen molar-refractivity contribution in [1.29, 1.82) is 0 Å². The third-order valence-corrected chi connectivity index (χ3v) is 5.03. The molecule has 1 unspecified atom stereocenters. The minimum Gasteiger partial charge on any atom is -0.364 e. The summed E-state index contributed by atoms with van der Waals surface area (Å²) in [5.74, 6) is 0. The molecular formula is C15H16N4O2S. The van der Waals surface area contributed by atoms with Crippen molar-refractivity contribution in [3.8, 4) is 0 Å². The van der Waals surface area contributed by atoms with Gasteiger partial charge in [0.15, 0.2) is 0 Å². The first-order chi connectivity index (χ1) is 10.7. The number of urea groups is 1. The number of nitrogens with one attached hydrogen (secondary N) is 1. The van der Waals surface area contributed by atoms with Crippen LogP contribution in [0, 0.1) is 6.92 Å². The van der Waals surface area contributed by atoms with E-state index in [0.717, 1.165) is 11.4 Å². The normalized spacial score (nSPS) is 23.0. The Labute approximate surface area is 132 Å². The van der Waals surface area contributed by atoms with Crippen molar-refractivity contribution < 1.29 is 9.53 Å². The van der Waals surface area contributed by atoms with Gasteiger partial charge in [-0.25, -0.2) is 4.79 Å². The molecule has 1 fully saturated rings. The van der Waals surface area contributed by atoms with Gasteiger partial charge in [0.1, 0.15) is 10.6 Å². The second-order valence-corrected chi connectivity index (χ2v) is 6.85. The molecule has 22 heavy (non-hydrogen) atoms. The van der Waals surface area contributed by atoms with E-state index < -0.39 is 0 Å². The van der Waals surface area contributed by atoms with E-state index in [1.807, 2.05) is 19.1 Å². The molecular weight excluding hydrogens is 300 g/mol. The largest absolute Gasteiger partial charge is 0.364 e. The highest BCUT2D eigenvalue weighted by molar-refractivity contribution is 7.15. The summed E-state index contributed by atoms with van der Waals surface area (Å²) >= 11 is 1.38. The van der Waals surface area contributed by atoms with Gasteiger partial charge in [0.05, 0.1) is 13.2 Å². The fraction of sp³-hybridized carbons (Fsp3) is 0.400. The number of nitrogens with zero attached hydrogens (tertiary/aromatic N) is 3. The Morgan fingerprint density at radius 2 is 2.27 bits per heavy atom. The zero-order valence-electron chi connectivity index (χ0n) is 12.2. The molecule has 1 aromatic heterocycles. The summed E-state index contributed by atoms with van der Waals surface area (Å²) in [4.78, 5) is 14.2. The van der Waals surface area contributed by atoms with E-state index in [1.165, 1.54) is 22.5 Å². The predicted octanol–water partition coefficient (Wildman–Crippen LogP) is 2.51. The molecule has 1 spiro atoms. The lowest BCUT2D eigenvalue weighted by atomic mass is 9.92. The maximum Gasteiger partial charge on any atom is 0.323 e. The quantitative estimate of drug-likeness (QED) is 0.878. The minimum atomic E-state index is -0.342. The second kappa shape index (κ2) is 5.03. The molecule has 2 aromatic rings. The third kappa shape index (κ3) is 2.17. The van der Waals surface area contributed by atoms with Crippen LogP contribution in [0.1, 0.15) is 22.6 Å². The van der Waals surface area contributed by atoms with Crippen LogP contribution in [0.4, 0.5) is 9.93 Å². The van der Waals surface area contributed by atoms with Crippen molar-refractivity contribution in [2.75, 3.05) is 18.4 Å². The van der Waals surface area contributed by atoms with Gasteiger partial charge in [-0.3, -0.25) is 5.32 Å². The van der Waals surface area contributed by atoms with Gasteiger partial charge in [-0.1, -0.05) is 35.6 Å². The molecule has 1 atom stereocenters. The topological polar surface area (TPSA) is 67.4 Å². The molecule has 3 heterocycles. The van der Waals surface area contributed by atoms with E-state index in [-0.39, 0.29) is 11.6 Å². The van der Waals surface area contributed by atoms with Crippen molar-refractivity contribution in [2.45, 2.75) is 25.6 Å². The number of aromatic nitrogens is 2. The Kier molecular flexibility index (Phi) is 3.12. The summed E-state index contributed by atoms with van der Waals surface area (Å²) in [7, 11) is 0. The van der Waals surface area contributed by atoms with Crippen LogP contribution in [-0.2, 0) is 16.9 Å². The van der Waals surface area contributed by atoms with Gasteiger partial charge in [-0.05, 0) is 18.1 Å². The van der Waals surface area contributed by atoms with Crippen LogP contribution in [0.15, 0.2) is 24.3 Å². The van der Waals surface area contributed by atoms with Crippen molar-refractivity contribution in [2.24, 2.45) is 0 Å². The molecule has 0 saturated carbocycles. The third-order valence-electron chi connectivity index (χ3n) is 4.27. The maximum absolute atomic E-state index is 12.4. The summed E-state index contributed by atoms with van der Waals surface area (Å²) in [5, 5.41) is 12.0. The zero-order chi connectivity index (χ0) is 15.2. The minimum absolute atomic E-state index is 0.138. The Morgan fingerprint density at radius 3 is 3.09 bits per heavy atom. The van der Waals surface area contributed by atoms with E-state index in [0.29, 0.717) is 24.8 Å². The van der Waals surface area contributed by atoms with Crippen LogP contribution in [0.25, 0.3) is 0 Å². The Balaban J connectivity index is 1.50. The first-order valence-electron chi connectivity index (χ1n) is 7.25.